The van der Waals surface area contributed by atoms with Gasteiger partial charge in [0.15, 0.2) is 5.82 Å². The fourth-order valence-corrected chi connectivity index (χ4v) is 4.72. The number of aryl methyl sites for hydroxylation is 1. The average molecular weight is 434 g/mol. The number of hydrogen-bond acceptors (Lipinski definition) is 6. The highest BCUT2D eigenvalue weighted by Crippen LogP contribution is 2.24. The monoisotopic (exact) mass is 433 g/mol. The summed E-state index contributed by atoms with van der Waals surface area (Å²) >= 11 is 1.58. The van der Waals surface area contributed by atoms with Gasteiger partial charge in [-0.2, -0.15) is 0 Å². The first kappa shape index (κ1) is 19.8. The van der Waals surface area contributed by atoms with Crippen LogP contribution in [0.2, 0.25) is 0 Å². The van der Waals surface area contributed by atoms with Crippen LogP contribution in [-0.4, -0.2) is 32.3 Å². The van der Waals surface area contributed by atoms with Crippen LogP contribution < -0.4 is 5.32 Å². The number of hydrogen-bond donors (Lipinski definition) is 1. The van der Waals surface area contributed by atoms with Gasteiger partial charge in [0.2, 0.25) is 5.91 Å². The van der Waals surface area contributed by atoms with Gasteiger partial charge in [-0.1, -0.05) is 18.6 Å². The maximum absolute atomic E-state index is 12.2. The second kappa shape index (κ2) is 8.95. The topological polar surface area (TPSA) is 81.9 Å². The lowest BCUT2D eigenvalue weighted by Crippen LogP contribution is -2.18. The van der Waals surface area contributed by atoms with Crippen LogP contribution in [0.15, 0.2) is 48.5 Å². The van der Waals surface area contributed by atoms with E-state index in [1.165, 1.54) is 12.8 Å². The SMILES string of the molecule is O=C(COCc1nc2ccccc2s1)Nc1ccc(-c2nnc3n2CCCCC3)cc1. The molecule has 8 heteroatoms. The molecule has 0 saturated heterocycles. The van der Waals surface area contributed by atoms with E-state index >= 15 is 0 Å². The van der Waals surface area contributed by atoms with Crippen LogP contribution in [0.3, 0.4) is 0 Å². The first-order valence-electron chi connectivity index (χ1n) is 10.5. The van der Waals surface area contributed by atoms with Gasteiger partial charge in [-0.15, -0.1) is 21.5 Å². The Balaban J connectivity index is 1.16. The number of fused-ring (bicyclic) bond motifs is 2. The lowest BCUT2D eigenvalue weighted by molar-refractivity contribution is -0.121. The third-order valence-electron chi connectivity index (χ3n) is 5.33. The molecule has 0 fully saturated rings. The normalized spacial score (nSPS) is 13.7. The Hall–Kier alpha value is -3.10. The number of ether oxygens (including phenoxy) is 1. The molecule has 3 heterocycles. The van der Waals surface area contributed by atoms with Crippen LogP contribution >= 0.6 is 11.3 Å². The molecule has 0 radical (unpaired) electrons. The standard InChI is InChI=1S/C23H23N5O2S/c29-21(14-30-15-22-25-18-6-3-4-7-19(18)31-22)24-17-11-9-16(10-12-17)23-27-26-20-8-2-1-5-13-28(20)23/h3-4,6-7,9-12H,1-2,5,8,13-15H2,(H,24,29). The molecule has 2 aromatic heterocycles. The summed E-state index contributed by atoms with van der Waals surface area (Å²) < 4.78 is 8.89. The Morgan fingerprint density at radius 1 is 1.06 bits per heavy atom. The Bertz CT molecular complexity index is 1170. The van der Waals surface area contributed by atoms with Crippen LogP contribution in [0.5, 0.6) is 0 Å². The minimum Gasteiger partial charge on any atom is -0.364 e. The van der Waals surface area contributed by atoms with Crippen LogP contribution in [0.4, 0.5) is 5.69 Å². The van der Waals surface area contributed by atoms with Gasteiger partial charge in [-0.3, -0.25) is 4.79 Å². The molecule has 0 aliphatic carbocycles. The van der Waals surface area contributed by atoms with Crippen molar-refractivity contribution in [2.75, 3.05) is 11.9 Å². The number of rotatable bonds is 6. The van der Waals surface area contributed by atoms with Gasteiger partial charge in [-0.05, 0) is 49.2 Å². The Morgan fingerprint density at radius 2 is 1.94 bits per heavy atom. The number of aromatic nitrogens is 4. The van der Waals surface area contributed by atoms with E-state index in [-0.39, 0.29) is 12.5 Å². The van der Waals surface area contributed by atoms with Crippen LogP contribution in [0, 0.1) is 0 Å². The molecule has 0 atom stereocenters. The predicted octanol–water partition coefficient (Wildman–Crippen LogP) is 4.44. The fourth-order valence-electron chi connectivity index (χ4n) is 3.81. The summed E-state index contributed by atoms with van der Waals surface area (Å²) in [5.74, 6) is 1.77. The summed E-state index contributed by atoms with van der Waals surface area (Å²) in [5, 5.41) is 12.5. The number of carbonyl (C=O) groups excluding carboxylic acids is 1. The zero-order valence-corrected chi connectivity index (χ0v) is 17.9. The molecule has 7 nitrogen and oxygen atoms in total. The predicted molar refractivity (Wildman–Crippen MR) is 121 cm³/mol. The van der Waals surface area contributed by atoms with Gasteiger partial charge in [0, 0.05) is 24.2 Å². The maximum atomic E-state index is 12.2. The number of nitrogens with one attached hydrogen (secondary N) is 1. The summed E-state index contributed by atoms with van der Waals surface area (Å²) in [6.45, 7) is 1.27. The van der Waals surface area contributed by atoms with E-state index in [9.17, 15) is 4.79 Å². The van der Waals surface area contributed by atoms with Crippen molar-refractivity contribution in [3.05, 3.63) is 59.4 Å². The second-order valence-electron chi connectivity index (χ2n) is 7.60. The highest BCUT2D eigenvalue weighted by Gasteiger charge is 2.16. The smallest absolute Gasteiger partial charge is 0.250 e. The number of thiazole rings is 1. The molecule has 0 bridgehead atoms. The molecular weight excluding hydrogens is 410 g/mol. The first-order valence-corrected chi connectivity index (χ1v) is 11.3. The molecule has 1 aliphatic rings. The molecule has 2 aromatic carbocycles. The lowest BCUT2D eigenvalue weighted by atomic mass is 10.2. The second-order valence-corrected chi connectivity index (χ2v) is 8.71. The van der Waals surface area contributed by atoms with E-state index in [1.807, 2.05) is 48.5 Å². The maximum Gasteiger partial charge on any atom is 0.250 e. The van der Waals surface area contributed by atoms with Gasteiger partial charge < -0.3 is 14.6 Å². The zero-order valence-electron chi connectivity index (χ0n) is 17.1. The first-order chi connectivity index (χ1) is 15.3. The number of nitrogens with zero attached hydrogens (tertiary/aromatic N) is 4. The number of anilines is 1. The Labute approximate surface area is 184 Å². The largest absolute Gasteiger partial charge is 0.364 e. The third kappa shape index (κ3) is 4.50. The van der Waals surface area contributed by atoms with E-state index in [4.69, 9.17) is 4.74 Å². The van der Waals surface area contributed by atoms with Crippen LogP contribution in [0.1, 0.15) is 30.1 Å². The number of benzene rings is 2. The minimum atomic E-state index is -0.190. The van der Waals surface area contributed by atoms with Crippen molar-refractivity contribution < 1.29 is 9.53 Å². The summed E-state index contributed by atoms with van der Waals surface area (Å²) in [4.78, 5) is 16.8. The summed E-state index contributed by atoms with van der Waals surface area (Å²) in [5.41, 5.74) is 2.69. The van der Waals surface area contributed by atoms with Crippen molar-refractivity contribution >= 4 is 33.1 Å². The van der Waals surface area contributed by atoms with E-state index in [2.05, 4.69) is 25.1 Å². The highest BCUT2D eigenvalue weighted by molar-refractivity contribution is 7.18. The summed E-state index contributed by atoms with van der Waals surface area (Å²) in [6.07, 6.45) is 4.54. The number of para-hydroxylation sites is 1. The van der Waals surface area contributed by atoms with Crippen molar-refractivity contribution in [2.24, 2.45) is 0 Å². The molecule has 31 heavy (non-hydrogen) atoms. The lowest BCUT2D eigenvalue weighted by Gasteiger charge is -2.09. The minimum absolute atomic E-state index is 0.0185. The molecule has 1 amide bonds. The quantitative estimate of drug-likeness (QED) is 0.486. The van der Waals surface area contributed by atoms with E-state index in [1.54, 1.807) is 11.3 Å². The van der Waals surface area contributed by atoms with E-state index in [0.29, 0.717) is 6.61 Å². The summed E-state index contributed by atoms with van der Waals surface area (Å²) in [7, 11) is 0. The Kier molecular flexibility index (Phi) is 5.73. The molecule has 0 spiro atoms. The fraction of sp³-hybridized carbons (Fsp3) is 0.304. The van der Waals surface area contributed by atoms with Gasteiger partial charge in [0.25, 0.3) is 0 Å². The molecule has 1 aliphatic heterocycles. The van der Waals surface area contributed by atoms with Gasteiger partial charge in [0.05, 0.1) is 16.8 Å². The van der Waals surface area contributed by atoms with Gasteiger partial charge in [0.1, 0.15) is 17.4 Å². The number of carbonyl (C=O) groups is 1. The van der Waals surface area contributed by atoms with Crippen molar-refractivity contribution in [1.82, 2.24) is 19.7 Å². The molecule has 5 rings (SSSR count). The molecule has 0 unspecified atom stereocenters. The molecule has 4 aromatic rings. The van der Waals surface area contributed by atoms with E-state index < -0.39 is 0 Å². The van der Waals surface area contributed by atoms with Crippen molar-refractivity contribution in [1.29, 1.82) is 0 Å². The van der Waals surface area contributed by atoms with Crippen molar-refractivity contribution in [3.8, 4) is 11.4 Å². The summed E-state index contributed by atoms with van der Waals surface area (Å²) in [6, 6.07) is 15.7. The molecule has 0 saturated carbocycles. The van der Waals surface area contributed by atoms with Gasteiger partial charge >= 0.3 is 0 Å². The van der Waals surface area contributed by atoms with E-state index in [0.717, 1.165) is 57.5 Å². The highest BCUT2D eigenvalue weighted by atomic mass is 32.1. The zero-order chi connectivity index (χ0) is 21.0. The molecule has 158 valence electrons. The molecular formula is C23H23N5O2S. The van der Waals surface area contributed by atoms with Crippen molar-refractivity contribution in [2.45, 2.75) is 38.8 Å². The van der Waals surface area contributed by atoms with Crippen LogP contribution in [-0.2, 0) is 29.1 Å². The number of amides is 1. The van der Waals surface area contributed by atoms with Crippen LogP contribution in [0.25, 0.3) is 21.6 Å². The third-order valence-corrected chi connectivity index (χ3v) is 6.34. The average Bonchev–Trinajstić information content (AvgIpc) is 3.30. The van der Waals surface area contributed by atoms with Crippen molar-refractivity contribution in [3.63, 3.8) is 0 Å². The Morgan fingerprint density at radius 3 is 2.81 bits per heavy atom. The van der Waals surface area contributed by atoms with Gasteiger partial charge in [-0.25, -0.2) is 4.98 Å². The molecule has 1 N–H and O–H groups in total.